The Balaban J connectivity index is 0.000000427. The van der Waals surface area contributed by atoms with E-state index in [1.165, 1.54) is 16.7 Å². The van der Waals surface area contributed by atoms with Crippen LogP contribution in [0.1, 0.15) is 41.2 Å². The average molecular weight is 509 g/mol. The highest BCUT2D eigenvalue weighted by atomic mass is 16.5. The summed E-state index contributed by atoms with van der Waals surface area (Å²) in [5, 5.41) is 10.5. The molecule has 4 nitrogen and oxygen atoms in total. The van der Waals surface area contributed by atoms with Crippen LogP contribution in [0, 0.1) is 6.92 Å². The minimum atomic E-state index is 0.110. The summed E-state index contributed by atoms with van der Waals surface area (Å²) in [6, 6.07) is 34.2. The molecule has 4 aromatic rings. The van der Waals surface area contributed by atoms with Crippen molar-refractivity contribution in [2.75, 3.05) is 13.1 Å². The summed E-state index contributed by atoms with van der Waals surface area (Å²) in [5.41, 5.74) is 12.4. The summed E-state index contributed by atoms with van der Waals surface area (Å²) in [6.45, 7) is 11.2. The molecule has 0 atom stereocenters. The fraction of sp³-hybridized carbons (Fsp3) is 0.235. The van der Waals surface area contributed by atoms with Crippen molar-refractivity contribution in [1.29, 1.82) is 0 Å². The molecule has 3 N–H and O–H groups in total. The van der Waals surface area contributed by atoms with Crippen molar-refractivity contribution in [2.45, 2.75) is 39.8 Å². The number of phenols is 1. The summed E-state index contributed by atoms with van der Waals surface area (Å²) in [7, 11) is 0. The van der Waals surface area contributed by atoms with Crippen LogP contribution in [0.3, 0.4) is 0 Å². The fourth-order valence-corrected chi connectivity index (χ4v) is 4.04. The zero-order valence-electron chi connectivity index (χ0n) is 22.6. The van der Waals surface area contributed by atoms with Gasteiger partial charge >= 0.3 is 0 Å². The van der Waals surface area contributed by atoms with E-state index in [0.29, 0.717) is 18.9 Å². The third-order valence-corrected chi connectivity index (χ3v) is 6.42. The first-order valence-electron chi connectivity index (χ1n) is 13.2. The Bertz CT molecular complexity index is 1260. The molecule has 38 heavy (non-hydrogen) atoms. The first-order valence-corrected chi connectivity index (χ1v) is 13.2. The minimum absolute atomic E-state index is 0.110. The molecular weight excluding hydrogens is 468 g/mol. The van der Waals surface area contributed by atoms with Gasteiger partial charge in [-0.1, -0.05) is 98.4 Å². The molecule has 4 heteroatoms. The van der Waals surface area contributed by atoms with Crippen LogP contribution in [-0.2, 0) is 19.6 Å². The number of aromatic hydroxyl groups is 1. The van der Waals surface area contributed by atoms with Gasteiger partial charge in [0.05, 0.1) is 0 Å². The standard InChI is InChI=1S/C26H30N2O2.C8H10/c1-20-9-6-7-12-24(20)18-28(16-8-15-27)21(2)23-13-14-26(25(29)17-23)30-19-22-10-4-3-5-11-22;1-2-8-6-4-3-5-7-8/h3-7,9-14,17,29H,2,8,15-16,18-19,27H2,1H3;3-7H,2H2,1H3. The molecule has 0 aliphatic carbocycles. The maximum atomic E-state index is 10.5. The first kappa shape index (κ1) is 28.5. The van der Waals surface area contributed by atoms with E-state index in [-0.39, 0.29) is 5.75 Å². The van der Waals surface area contributed by atoms with E-state index in [2.05, 4.69) is 67.8 Å². The van der Waals surface area contributed by atoms with Crippen LogP contribution < -0.4 is 10.5 Å². The zero-order valence-corrected chi connectivity index (χ0v) is 22.6. The zero-order chi connectivity index (χ0) is 27.2. The van der Waals surface area contributed by atoms with Crippen molar-refractivity contribution in [2.24, 2.45) is 5.73 Å². The van der Waals surface area contributed by atoms with Gasteiger partial charge in [0.1, 0.15) is 6.61 Å². The predicted octanol–water partition coefficient (Wildman–Crippen LogP) is 7.35. The van der Waals surface area contributed by atoms with E-state index in [4.69, 9.17) is 10.5 Å². The van der Waals surface area contributed by atoms with Gasteiger partial charge in [-0.3, -0.25) is 0 Å². The molecular formula is C34H40N2O2. The number of hydrogen-bond donors (Lipinski definition) is 2. The van der Waals surface area contributed by atoms with Crippen LogP contribution in [-0.4, -0.2) is 23.1 Å². The number of hydrogen-bond acceptors (Lipinski definition) is 4. The maximum absolute atomic E-state index is 10.5. The molecule has 198 valence electrons. The monoisotopic (exact) mass is 508 g/mol. The van der Waals surface area contributed by atoms with E-state index in [1.807, 2.05) is 48.5 Å². The van der Waals surface area contributed by atoms with Gasteiger partial charge in [0.25, 0.3) is 0 Å². The van der Waals surface area contributed by atoms with Crippen molar-refractivity contribution >= 4 is 5.70 Å². The molecule has 0 saturated heterocycles. The Morgan fingerprint density at radius 1 is 0.868 bits per heavy atom. The Kier molecular flexibility index (Phi) is 11.5. The van der Waals surface area contributed by atoms with Gasteiger partial charge in [0.2, 0.25) is 0 Å². The van der Waals surface area contributed by atoms with Crippen LogP contribution >= 0.6 is 0 Å². The topological polar surface area (TPSA) is 58.7 Å². The molecule has 0 heterocycles. The van der Waals surface area contributed by atoms with Gasteiger partial charge in [-0.25, -0.2) is 0 Å². The molecule has 4 aromatic carbocycles. The largest absolute Gasteiger partial charge is 0.504 e. The van der Waals surface area contributed by atoms with E-state index < -0.39 is 0 Å². The summed E-state index contributed by atoms with van der Waals surface area (Å²) < 4.78 is 5.78. The maximum Gasteiger partial charge on any atom is 0.161 e. The Hall–Kier alpha value is -4.02. The Morgan fingerprint density at radius 2 is 1.50 bits per heavy atom. The highest BCUT2D eigenvalue weighted by Gasteiger charge is 2.14. The van der Waals surface area contributed by atoms with Gasteiger partial charge in [-0.15, -0.1) is 0 Å². The minimum Gasteiger partial charge on any atom is -0.504 e. The predicted molar refractivity (Wildman–Crippen MR) is 159 cm³/mol. The third-order valence-electron chi connectivity index (χ3n) is 6.42. The number of aryl methyl sites for hydroxylation is 2. The lowest BCUT2D eigenvalue weighted by Crippen LogP contribution is -2.24. The summed E-state index contributed by atoms with van der Waals surface area (Å²) >= 11 is 0. The second-order valence-electron chi connectivity index (χ2n) is 9.23. The number of phenolic OH excluding ortho intramolecular Hbond substituents is 1. The van der Waals surface area contributed by atoms with E-state index in [1.54, 1.807) is 12.1 Å². The fourth-order valence-electron chi connectivity index (χ4n) is 4.04. The lowest BCUT2D eigenvalue weighted by molar-refractivity contribution is 0.289. The van der Waals surface area contributed by atoms with Gasteiger partial charge < -0.3 is 20.5 Å². The summed E-state index contributed by atoms with van der Waals surface area (Å²) in [5.74, 6) is 0.571. The highest BCUT2D eigenvalue weighted by Crippen LogP contribution is 2.31. The van der Waals surface area contributed by atoms with Crippen LogP contribution in [0.4, 0.5) is 0 Å². The molecule has 0 unspecified atom stereocenters. The van der Waals surface area contributed by atoms with Gasteiger partial charge in [-0.2, -0.15) is 0 Å². The quantitative estimate of drug-likeness (QED) is 0.222. The molecule has 0 aliphatic rings. The SMILES string of the molecule is C=C(c1ccc(OCc2ccccc2)c(O)c1)N(CCCN)Cc1ccccc1C.CCc1ccccc1. The van der Waals surface area contributed by atoms with Crippen LogP contribution in [0.25, 0.3) is 5.70 Å². The van der Waals surface area contributed by atoms with Crippen LogP contribution in [0.2, 0.25) is 0 Å². The Labute approximate surface area is 228 Å². The number of rotatable bonds is 11. The average Bonchev–Trinajstić information content (AvgIpc) is 2.96. The van der Waals surface area contributed by atoms with E-state index in [9.17, 15) is 5.11 Å². The number of nitrogens with two attached hydrogens (primary N) is 1. The third kappa shape index (κ3) is 8.82. The smallest absolute Gasteiger partial charge is 0.161 e. The molecule has 0 fully saturated rings. The van der Waals surface area contributed by atoms with Gasteiger partial charge in [-0.05, 0) is 66.8 Å². The van der Waals surface area contributed by atoms with Gasteiger partial charge in [0, 0.05) is 24.4 Å². The normalized spacial score (nSPS) is 10.3. The summed E-state index contributed by atoms with van der Waals surface area (Å²) in [6.07, 6.45) is 2.01. The van der Waals surface area contributed by atoms with Crippen molar-refractivity contribution in [3.8, 4) is 11.5 Å². The number of nitrogens with zero attached hydrogens (tertiary/aromatic N) is 1. The highest BCUT2D eigenvalue weighted by molar-refractivity contribution is 5.65. The summed E-state index contributed by atoms with van der Waals surface area (Å²) in [4.78, 5) is 2.22. The number of benzene rings is 4. The molecule has 4 rings (SSSR count). The molecule has 0 aliphatic heterocycles. The lowest BCUT2D eigenvalue weighted by Gasteiger charge is -2.28. The second-order valence-corrected chi connectivity index (χ2v) is 9.23. The molecule has 0 aromatic heterocycles. The molecule has 0 bridgehead atoms. The first-order chi connectivity index (χ1) is 18.5. The molecule has 0 spiro atoms. The number of ether oxygens (including phenoxy) is 1. The van der Waals surface area contributed by atoms with Crippen molar-refractivity contribution in [3.63, 3.8) is 0 Å². The van der Waals surface area contributed by atoms with Crippen LogP contribution in [0.5, 0.6) is 11.5 Å². The van der Waals surface area contributed by atoms with Crippen LogP contribution in [0.15, 0.2) is 110 Å². The molecule has 0 saturated carbocycles. The van der Waals surface area contributed by atoms with E-state index >= 15 is 0 Å². The second kappa shape index (κ2) is 15.3. The lowest BCUT2D eigenvalue weighted by atomic mass is 10.1. The molecule has 0 amide bonds. The van der Waals surface area contributed by atoms with E-state index in [0.717, 1.165) is 42.8 Å². The molecule has 0 radical (unpaired) electrons. The Morgan fingerprint density at radius 3 is 2.08 bits per heavy atom. The van der Waals surface area contributed by atoms with Crippen molar-refractivity contribution in [1.82, 2.24) is 4.90 Å². The van der Waals surface area contributed by atoms with Gasteiger partial charge in [0.15, 0.2) is 11.5 Å². The van der Waals surface area contributed by atoms with Crippen molar-refractivity contribution in [3.05, 3.63) is 138 Å². The van der Waals surface area contributed by atoms with Crippen molar-refractivity contribution < 1.29 is 9.84 Å².